The number of aromatic nitrogens is 6. The number of fused-ring (bicyclic) bond motifs is 6. The maximum Gasteiger partial charge on any atom is 0.134 e. The Bertz CT molecular complexity index is 5150. The molecule has 0 N–H and O–H groups in total. The zero-order chi connectivity index (χ0) is 60.2. The Labute approximate surface area is 517 Å². The minimum atomic E-state index is -0.792. The lowest BCUT2D eigenvalue weighted by Gasteiger charge is -2.20. The van der Waals surface area contributed by atoms with E-state index in [1.54, 1.807) is 12.1 Å². The first-order valence-electron chi connectivity index (χ1n) is 29.7. The van der Waals surface area contributed by atoms with Crippen LogP contribution in [0.25, 0.3) is 156 Å². The summed E-state index contributed by atoms with van der Waals surface area (Å²) in [6.07, 6.45) is 7.60. The molecule has 10 aromatic carbocycles. The fourth-order valence-electron chi connectivity index (χ4n) is 12.6. The summed E-state index contributed by atoms with van der Waals surface area (Å²) >= 11 is 0. The topological polar surface area (TPSA) is 85.2 Å². The van der Waals surface area contributed by atoms with Crippen LogP contribution in [0.5, 0.6) is 0 Å². The van der Waals surface area contributed by atoms with Crippen LogP contribution in [0.15, 0.2) is 298 Å². The molecule has 90 heavy (non-hydrogen) atoms. The smallest absolute Gasteiger partial charge is 0.134 e. The summed E-state index contributed by atoms with van der Waals surface area (Å²) in [4.78, 5) is 19.8. The van der Waals surface area contributed by atoms with Crippen LogP contribution in [0.1, 0.15) is 5.56 Å². The average molecular weight is 1160 g/mol. The molecular weight excluding hydrogens is 1110 g/mol. The highest BCUT2D eigenvalue weighted by Gasteiger charge is 2.26. The zero-order valence-electron chi connectivity index (χ0n) is 48.2. The Kier molecular flexibility index (Phi) is 13.2. The van der Waals surface area contributed by atoms with Crippen LogP contribution in [0, 0.1) is 23.0 Å². The number of hydrogen-bond acceptors (Lipinski definition) is 5. The molecule has 6 heterocycles. The number of pyridine rings is 4. The second kappa shape index (κ2) is 22.2. The summed E-state index contributed by atoms with van der Waals surface area (Å²) in [5.74, 6) is -1.58. The third-order valence-corrected chi connectivity index (χ3v) is 17.1. The van der Waals surface area contributed by atoms with Gasteiger partial charge < -0.3 is 9.13 Å². The largest absolute Gasteiger partial charge is 0.307 e. The molecule has 16 rings (SSSR count). The molecule has 6 aromatic heterocycles. The van der Waals surface area contributed by atoms with Gasteiger partial charge in [0, 0.05) is 96.4 Å². The third-order valence-electron chi connectivity index (χ3n) is 17.1. The van der Waals surface area contributed by atoms with Gasteiger partial charge in [0.1, 0.15) is 11.6 Å². The lowest BCUT2D eigenvalue weighted by molar-refractivity contribution is 0.589. The SMILES string of the molecule is N#Cc1cc(-n2c3cc(-c4ccc(-c5ccccc5)nc4)ccc3c3ccc(-c4ccc(-c5ccccc5)nc4)cc32)c(-n2c3cc(-c4ccc(-c5ccccc5)nc4)ccc3c3ccc(-c4ccc(-c5ccccc5)nc4)cc32)cc1-c1c(F)cccc1F. The molecule has 0 aliphatic heterocycles. The van der Waals surface area contributed by atoms with Gasteiger partial charge in [-0.25, -0.2) is 8.78 Å². The minimum absolute atomic E-state index is 0.0813. The minimum Gasteiger partial charge on any atom is -0.307 e. The predicted molar refractivity (Wildman–Crippen MR) is 360 cm³/mol. The molecule has 0 fully saturated rings. The second-order valence-electron chi connectivity index (χ2n) is 22.4. The molecule has 0 atom stereocenters. The average Bonchev–Trinajstić information content (AvgIpc) is 1.55. The van der Waals surface area contributed by atoms with E-state index in [1.807, 2.05) is 170 Å². The van der Waals surface area contributed by atoms with Crippen LogP contribution in [0.2, 0.25) is 0 Å². The number of nitrogens with zero attached hydrogens (tertiary/aromatic N) is 7. The molecule has 0 saturated carbocycles. The van der Waals surface area contributed by atoms with Gasteiger partial charge in [0.15, 0.2) is 0 Å². The van der Waals surface area contributed by atoms with E-state index in [-0.39, 0.29) is 16.7 Å². The van der Waals surface area contributed by atoms with Gasteiger partial charge in [-0.15, -0.1) is 0 Å². The lowest BCUT2D eigenvalue weighted by atomic mass is 9.97. The molecule has 0 unspecified atom stereocenters. The predicted octanol–water partition coefficient (Wildman–Crippen LogP) is 20.6. The van der Waals surface area contributed by atoms with Crippen molar-refractivity contribution in [2.75, 3.05) is 0 Å². The normalized spacial score (nSPS) is 11.4. The van der Waals surface area contributed by atoms with Crippen molar-refractivity contribution in [2.24, 2.45) is 0 Å². The summed E-state index contributed by atoms with van der Waals surface area (Å²) in [5, 5.41) is 15.2. The van der Waals surface area contributed by atoms with Crippen molar-refractivity contribution in [3.8, 4) is 118 Å². The Morgan fingerprint density at radius 1 is 0.278 bits per heavy atom. The van der Waals surface area contributed by atoms with Gasteiger partial charge in [0.05, 0.1) is 73.4 Å². The van der Waals surface area contributed by atoms with Gasteiger partial charge in [-0.3, -0.25) is 19.9 Å². The summed E-state index contributed by atoms with van der Waals surface area (Å²) in [6, 6.07) is 92.4. The van der Waals surface area contributed by atoms with Crippen LogP contribution in [0.3, 0.4) is 0 Å². The summed E-state index contributed by atoms with van der Waals surface area (Å²) in [6.45, 7) is 0. The second-order valence-corrected chi connectivity index (χ2v) is 22.4. The van der Waals surface area contributed by atoms with Gasteiger partial charge in [0.25, 0.3) is 0 Å². The number of benzene rings is 10. The molecule has 0 amide bonds. The van der Waals surface area contributed by atoms with Crippen LogP contribution in [-0.2, 0) is 0 Å². The number of halogens is 2. The maximum atomic E-state index is 16.6. The van der Waals surface area contributed by atoms with E-state index in [1.165, 1.54) is 18.2 Å². The van der Waals surface area contributed by atoms with Crippen molar-refractivity contribution in [1.82, 2.24) is 29.1 Å². The summed E-state index contributed by atoms with van der Waals surface area (Å²) in [7, 11) is 0. The fraction of sp³-hybridized carbons (Fsp3) is 0. The number of rotatable bonds is 11. The first-order chi connectivity index (χ1) is 44.4. The zero-order valence-corrected chi connectivity index (χ0v) is 48.2. The van der Waals surface area contributed by atoms with Crippen LogP contribution < -0.4 is 0 Å². The quantitative estimate of drug-likeness (QED) is 0.129. The van der Waals surface area contributed by atoms with E-state index >= 15 is 8.78 Å². The molecule has 422 valence electrons. The van der Waals surface area contributed by atoms with Gasteiger partial charge in [0.2, 0.25) is 0 Å². The standard InChI is InChI=1S/C81H49F2N7/c82-69-22-13-23-70(83)81(69)68-45-80(90-77-42-57(61-30-38-73(87-49-61)53-18-9-3-10-19-53)26-34-66(77)67-35-27-58(43-78(67)90)62-31-39-74(88-50-62)54-20-11-4-12-21-54)79(44-63(68)46-84)89-75-40-55(59-28-36-71(85-47-59)51-14-5-1-6-15-51)24-32-64(75)65-33-25-56(41-76(65)89)60-29-37-72(86-48-60)52-16-7-2-8-17-52/h1-45,47-50H. The first kappa shape index (κ1) is 53.2. The van der Waals surface area contributed by atoms with Gasteiger partial charge in [-0.2, -0.15) is 5.26 Å². The van der Waals surface area contributed by atoms with Crippen molar-refractivity contribution in [1.29, 1.82) is 5.26 Å². The molecular formula is C81H49F2N7. The Balaban J connectivity index is 0.986. The molecule has 0 aliphatic rings. The van der Waals surface area contributed by atoms with Crippen molar-refractivity contribution < 1.29 is 8.78 Å². The number of hydrogen-bond donors (Lipinski definition) is 0. The Morgan fingerprint density at radius 2 is 0.567 bits per heavy atom. The van der Waals surface area contributed by atoms with Crippen LogP contribution in [0.4, 0.5) is 8.78 Å². The van der Waals surface area contributed by atoms with Crippen LogP contribution >= 0.6 is 0 Å². The number of nitriles is 1. The van der Waals surface area contributed by atoms with E-state index < -0.39 is 11.6 Å². The van der Waals surface area contributed by atoms with Crippen molar-refractivity contribution in [2.45, 2.75) is 0 Å². The van der Waals surface area contributed by atoms with E-state index in [9.17, 15) is 5.26 Å². The molecule has 0 spiro atoms. The molecule has 16 aromatic rings. The first-order valence-corrected chi connectivity index (χ1v) is 29.7. The van der Waals surface area contributed by atoms with E-state index in [0.717, 1.165) is 133 Å². The van der Waals surface area contributed by atoms with E-state index in [2.05, 4.69) is 112 Å². The molecule has 7 nitrogen and oxygen atoms in total. The van der Waals surface area contributed by atoms with Gasteiger partial charge in [-0.1, -0.05) is 200 Å². The van der Waals surface area contributed by atoms with Crippen molar-refractivity contribution >= 4 is 43.6 Å². The summed E-state index contributed by atoms with van der Waals surface area (Å²) < 4.78 is 37.7. The monoisotopic (exact) mass is 1160 g/mol. The molecule has 0 aliphatic carbocycles. The molecule has 0 bridgehead atoms. The van der Waals surface area contributed by atoms with Gasteiger partial charge in [-0.05, 0) is 95.1 Å². The van der Waals surface area contributed by atoms with Crippen LogP contribution in [-0.4, -0.2) is 29.1 Å². The highest BCUT2D eigenvalue weighted by atomic mass is 19.1. The fourth-order valence-corrected chi connectivity index (χ4v) is 12.6. The van der Waals surface area contributed by atoms with Crippen molar-refractivity contribution in [3.05, 3.63) is 315 Å². The van der Waals surface area contributed by atoms with Crippen molar-refractivity contribution in [3.63, 3.8) is 0 Å². The Hall–Kier alpha value is -12.3. The lowest BCUT2D eigenvalue weighted by Crippen LogP contribution is -2.06. The third kappa shape index (κ3) is 9.44. The molecule has 0 radical (unpaired) electrons. The highest BCUT2D eigenvalue weighted by molar-refractivity contribution is 6.14. The molecule has 0 saturated heterocycles. The Morgan fingerprint density at radius 3 is 0.844 bits per heavy atom. The van der Waals surface area contributed by atoms with Gasteiger partial charge >= 0.3 is 0 Å². The highest BCUT2D eigenvalue weighted by Crippen LogP contribution is 2.45. The molecule has 9 heteroatoms. The van der Waals surface area contributed by atoms with E-state index in [4.69, 9.17) is 19.9 Å². The maximum absolute atomic E-state index is 16.6. The van der Waals surface area contributed by atoms with E-state index in [0.29, 0.717) is 11.4 Å². The summed E-state index contributed by atoms with van der Waals surface area (Å²) in [5.41, 5.74) is 19.0.